The number of aliphatic carboxylic acids is 1. The van der Waals surface area contributed by atoms with E-state index in [-0.39, 0.29) is 6.42 Å². The van der Waals surface area contributed by atoms with Crippen LogP contribution in [0.5, 0.6) is 0 Å². The zero-order valence-corrected chi connectivity index (χ0v) is 6.59. The van der Waals surface area contributed by atoms with Crippen molar-refractivity contribution in [1.29, 1.82) is 0 Å². The molecule has 0 radical (unpaired) electrons. The van der Waals surface area contributed by atoms with Crippen LogP contribution in [0.1, 0.15) is 13.3 Å². The van der Waals surface area contributed by atoms with Crippen LogP contribution in [-0.4, -0.2) is 12.0 Å². The molecule has 2 amide bonds. The summed E-state index contributed by atoms with van der Waals surface area (Å²) in [4.78, 5) is 20.1. The van der Waals surface area contributed by atoms with E-state index in [1.807, 2.05) is 0 Å². The molecule has 0 saturated carbocycles. The zero-order valence-electron chi connectivity index (χ0n) is 6.59. The van der Waals surface area contributed by atoms with Crippen LogP contribution in [0.15, 0.2) is 11.8 Å². The summed E-state index contributed by atoms with van der Waals surface area (Å²) >= 11 is 0. The van der Waals surface area contributed by atoms with Gasteiger partial charge in [-0.25, -0.2) is 4.79 Å². The van der Waals surface area contributed by atoms with Gasteiger partial charge < -0.3 is 21.1 Å². The Morgan fingerprint density at radius 2 is 2.08 bits per heavy atom. The second kappa shape index (κ2) is 5.00. The maximum atomic E-state index is 10.1. The highest BCUT2D eigenvalue weighted by Crippen LogP contribution is 1.87. The van der Waals surface area contributed by atoms with Crippen LogP contribution < -0.4 is 21.7 Å². The highest BCUT2D eigenvalue weighted by Gasteiger charge is 1.89. The Morgan fingerprint density at radius 1 is 1.50 bits per heavy atom. The third-order valence-corrected chi connectivity index (χ3v) is 0.958. The molecule has 0 aromatic rings. The Kier molecular flexibility index (Phi) is 4.28. The number of hydrogen-bond donors (Lipinski definition) is 3. The van der Waals surface area contributed by atoms with Gasteiger partial charge in [0.1, 0.15) is 0 Å². The maximum absolute atomic E-state index is 10.1. The molecule has 0 heterocycles. The van der Waals surface area contributed by atoms with Crippen molar-refractivity contribution < 1.29 is 14.7 Å². The van der Waals surface area contributed by atoms with Crippen molar-refractivity contribution in [2.24, 2.45) is 5.73 Å². The quantitative estimate of drug-likeness (QED) is 0.435. The van der Waals surface area contributed by atoms with Crippen LogP contribution >= 0.6 is 0 Å². The molecule has 0 spiro atoms. The molecular formula is C6H10N3O3-. The number of carboxylic acids is 1. The minimum Gasteiger partial charge on any atom is -0.550 e. The molecule has 0 bridgehead atoms. The van der Waals surface area contributed by atoms with Gasteiger partial charge in [-0.1, -0.05) is 6.08 Å². The van der Waals surface area contributed by atoms with Gasteiger partial charge in [0, 0.05) is 18.1 Å². The monoisotopic (exact) mass is 172 g/mol. The SMILES string of the molecule is C/C(=C/CC(=O)[O-])NNC(N)=O. The van der Waals surface area contributed by atoms with Gasteiger partial charge in [-0.15, -0.1) is 0 Å². The number of carbonyl (C=O) groups is 2. The van der Waals surface area contributed by atoms with E-state index >= 15 is 0 Å². The maximum Gasteiger partial charge on any atom is 0.330 e. The van der Waals surface area contributed by atoms with Crippen LogP contribution in [0.3, 0.4) is 0 Å². The first-order valence-electron chi connectivity index (χ1n) is 3.20. The van der Waals surface area contributed by atoms with Gasteiger partial charge in [-0.2, -0.15) is 0 Å². The number of hydrazine groups is 1. The third kappa shape index (κ3) is 6.40. The van der Waals surface area contributed by atoms with E-state index in [4.69, 9.17) is 5.73 Å². The van der Waals surface area contributed by atoms with Crippen molar-refractivity contribution in [3.63, 3.8) is 0 Å². The Labute approximate surface area is 69.4 Å². The number of hydrogen-bond acceptors (Lipinski definition) is 4. The highest BCUT2D eigenvalue weighted by molar-refractivity contribution is 5.71. The molecule has 0 saturated heterocycles. The van der Waals surface area contributed by atoms with Crippen molar-refractivity contribution in [3.05, 3.63) is 11.8 Å². The van der Waals surface area contributed by atoms with Crippen LogP contribution in [0.4, 0.5) is 4.79 Å². The lowest BCUT2D eigenvalue weighted by Crippen LogP contribution is -2.39. The third-order valence-electron chi connectivity index (χ3n) is 0.958. The minimum atomic E-state index is -1.18. The first-order valence-corrected chi connectivity index (χ1v) is 3.20. The van der Waals surface area contributed by atoms with Gasteiger partial charge in [-0.3, -0.25) is 5.43 Å². The second-order valence-corrected chi connectivity index (χ2v) is 2.08. The van der Waals surface area contributed by atoms with Gasteiger partial charge in [0.2, 0.25) is 0 Å². The minimum absolute atomic E-state index is 0.209. The molecule has 0 aliphatic carbocycles. The number of nitrogens with one attached hydrogen (secondary N) is 2. The first-order chi connectivity index (χ1) is 5.52. The van der Waals surface area contributed by atoms with E-state index in [0.717, 1.165) is 0 Å². The summed E-state index contributed by atoms with van der Waals surface area (Å²) < 4.78 is 0. The number of carbonyl (C=O) groups excluding carboxylic acids is 2. The van der Waals surface area contributed by atoms with E-state index in [1.54, 1.807) is 6.92 Å². The van der Waals surface area contributed by atoms with Gasteiger partial charge in [0.05, 0.1) is 0 Å². The molecule has 0 unspecified atom stereocenters. The number of allylic oxidation sites excluding steroid dienone is 1. The summed E-state index contributed by atoms with van der Waals surface area (Å²) in [6.07, 6.45) is 1.14. The molecule has 6 heteroatoms. The smallest absolute Gasteiger partial charge is 0.330 e. The van der Waals surface area contributed by atoms with Crippen molar-refractivity contribution in [3.8, 4) is 0 Å². The van der Waals surface area contributed by atoms with Crippen LogP contribution in [0, 0.1) is 0 Å². The fourth-order valence-electron chi connectivity index (χ4n) is 0.448. The average molecular weight is 172 g/mol. The Balaban J connectivity index is 3.70. The van der Waals surface area contributed by atoms with E-state index < -0.39 is 12.0 Å². The number of rotatable bonds is 4. The lowest BCUT2D eigenvalue weighted by Gasteiger charge is -2.05. The predicted molar refractivity (Wildman–Crippen MR) is 39.2 cm³/mol. The fourth-order valence-corrected chi connectivity index (χ4v) is 0.448. The van der Waals surface area contributed by atoms with E-state index in [2.05, 4.69) is 10.9 Å². The van der Waals surface area contributed by atoms with Gasteiger partial charge in [0.15, 0.2) is 0 Å². The molecule has 0 rings (SSSR count). The Bertz CT molecular complexity index is 212. The molecule has 0 fully saturated rings. The normalized spacial score (nSPS) is 10.6. The van der Waals surface area contributed by atoms with Gasteiger partial charge in [0.25, 0.3) is 0 Å². The molecule has 6 nitrogen and oxygen atoms in total. The predicted octanol–water partition coefficient (Wildman–Crippen LogP) is -1.80. The second-order valence-electron chi connectivity index (χ2n) is 2.08. The topological polar surface area (TPSA) is 107 Å². The van der Waals surface area contributed by atoms with Crippen molar-refractivity contribution in [2.45, 2.75) is 13.3 Å². The summed E-state index contributed by atoms with van der Waals surface area (Å²) in [6.45, 7) is 1.58. The molecule has 12 heavy (non-hydrogen) atoms. The molecule has 0 aromatic heterocycles. The highest BCUT2D eigenvalue weighted by atomic mass is 16.4. The number of urea groups is 1. The lowest BCUT2D eigenvalue weighted by molar-refractivity contribution is -0.304. The number of carboxylic acid groups (broad SMARTS) is 1. The number of amides is 2. The zero-order chi connectivity index (χ0) is 9.56. The largest absolute Gasteiger partial charge is 0.550 e. The van der Waals surface area contributed by atoms with Crippen LogP contribution in [0.25, 0.3) is 0 Å². The van der Waals surface area contributed by atoms with Gasteiger partial charge >= 0.3 is 6.03 Å². The summed E-state index contributed by atoms with van der Waals surface area (Å²) in [7, 11) is 0. The molecule has 0 atom stereocenters. The van der Waals surface area contributed by atoms with E-state index in [0.29, 0.717) is 5.70 Å². The summed E-state index contributed by atoms with van der Waals surface area (Å²) in [5, 5.41) is 9.95. The molecule has 0 aliphatic rings. The molecule has 0 aliphatic heterocycles. The lowest BCUT2D eigenvalue weighted by atomic mass is 10.3. The van der Waals surface area contributed by atoms with Crippen LogP contribution in [-0.2, 0) is 4.79 Å². The first kappa shape index (κ1) is 10.3. The molecule has 4 N–H and O–H groups in total. The number of nitrogens with two attached hydrogens (primary N) is 1. The van der Waals surface area contributed by atoms with Crippen molar-refractivity contribution >= 4 is 12.0 Å². The summed E-state index contributed by atoms with van der Waals surface area (Å²) in [6, 6.07) is -0.740. The average Bonchev–Trinajstić information content (AvgIpc) is 1.96. The fraction of sp³-hybridized carbons (Fsp3) is 0.333. The summed E-state index contributed by atoms with van der Waals surface area (Å²) in [5.41, 5.74) is 9.67. The van der Waals surface area contributed by atoms with Gasteiger partial charge in [-0.05, 0) is 6.92 Å². The van der Waals surface area contributed by atoms with E-state index in [9.17, 15) is 14.7 Å². The Hall–Kier alpha value is -1.72. The van der Waals surface area contributed by atoms with E-state index in [1.165, 1.54) is 6.08 Å². The van der Waals surface area contributed by atoms with Crippen LogP contribution in [0.2, 0.25) is 0 Å². The standard InChI is InChI=1S/C6H11N3O3/c1-4(2-3-5(10)11)8-9-6(7)12/h2,8H,3H2,1H3,(H,10,11)(H3,7,9,12)/p-1/b4-2-. The molecule has 68 valence electrons. The molecular weight excluding hydrogens is 162 g/mol. The Morgan fingerprint density at radius 3 is 2.50 bits per heavy atom. The summed E-state index contributed by atoms with van der Waals surface area (Å²) in [5.74, 6) is -1.18. The van der Waals surface area contributed by atoms with Crippen molar-refractivity contribution in [2.75, 3.05) is 0 Å². The molecule has 0 aromatic carbocycles. The van der Waals surface area contributed by atoms with Crippen molar-refractivity contribution in [1.82, 2.24) is 10.9 Å². The number of primary amides is 1.